The molecule has 6 heteroatoms. The van der Waals surface area contributed by atoms with E-state index in [-0.39, 0.29) is 18.3 Å². The van der Waals surface area contributed by atoms with E-state index in [2.05, 4.69) is 24.3 Å². The van der Waals surface area contributed by atoms with Gasteiger partial charge in [-0.3, -0.25) is 9.48 Å². The lowest BCUT2D eigenvalue weighted by molar-refractivity contribution is 0.0735. The van der Waals surface area contributed by atoms with E-state index in [1.165, 1.54) is 0 Å². The predicted octanol–water partition coefficient (Wildman–Crippen LogP) is 2.02. The van der Waals surface area contributed by atoms with Gasteiger partial charge in [0.15, 0.2) is 0 Å². The smallest absolute Gasteiger partial charge is 0.257 e. The van der Waals surface area contributed by atoms with Crippen molar-refractivity contribution >= 4 is 18.3 Å². The molecule has 0 aliphatic carbocycles. The number of hydrogen-bond donors (Lipinski definition) is 1. The van der Waals surface area contributed by atoms with E-state index < -0.39 is 0 Å². The summed E-state index contributed by atoms with van der Waals surface area (Å²) in [5.74, 6) is 0.121. The van der Waals surface area contributed by atoms with Crippen LogP contribution in [-0.4, -0.2) is 46.8 Å². The quantitative estimate of drug-likeness (QED) is 0.925. The molecule has 0 aromatic carbocycles. The number of hydrogen-bond acceptors (Lipinski definition) is 3. The number of amides is 1. The number of halogens is 1. The molecule has 5 nitrogen and oxygen atoms in total. The second kappa shape index (κ2) is 7.64. The first-order valence-corrected chi connectivity index (χ1v) is 7.23. The van der Waals surface area contributed by atoms with Crippen LogP contribution in [0.25, 0.3) is 0 Å². The van der Waals surface area contributed by atoms with E-state index in [1.807, 2.05) is 16.5 Å². The van der Waals surface area contributed by atoms with Crippen LogP contribution in [0.4, 0.5) is 0 Å². The molecule has 0 saturated carbocycles. The molecule has 1 fully saturated rings. The molecule has 2 rings (SSSR count). The minimum Gasteiger partial charge on any atom is -0.336 e. The summed E-state index contributed by atoms with van der Waals surface area (Å²) in [5.41, 5.74) is 1.76. The molecule has 1 aromatic heterocycles. The minimum absolute atomic E-state index is 0. The Morgan fingerprint density at radius 1 is 1.35 bits per heavy atom. The largest absolute Gasteiger partial charge is 0.336 e. The minimum atomic E-state index is 0. The Kier molecular flexibility index (Phi) is 6.49. The summed E-state index contributed by atoms with van der Waals surface area (Å²) in [4.78, 5) is 14.4. The van der Waals surface area contributed by atoms with Crippen LogP contribution in [0.5, 0.6) is 0 Å². The first kappa shape index (κ1) is 17.0. The second-order valence-electron chi connectivity index (χ2n) is 5.10. The number of aromatic nitrogens is 2. The summed E-state index contributed by atoms with van der Waals surface area (Å²) in [6, 6.07) is 0.393. The van der Waals surface area contributed by atoms with Crippen molar-refractivity contribution in [1.29, 1.82) is 0 Å². The Labute approximate surface area is 127 Å². The maximum atomic E-state index is 12.5. The molecule has 0 spiro atoms. The second-order valence-corrected chi connectivity index (χ2v) is 5.10. The Balaban J connectivity index is 0.00000200. The van der Waals surface area contributed by atoms with Gasteiger partial charge in [-0.05, 0) is 19.8 Å². The number of rotatable bonds is 4. The van der Waals surface area contributed by atoms with Crippen molar-refractivity contribution in [2.45, 2.75) is 39.7 Å². The van der Waals surface area contributed by atoms with Gasteiger partial charge in [-0.25, -0.2) is 0 Å². The first-order valence-electron chi connectivity index (χ1n) is 7.23. The normalized spacial score (nSPS) is 15.3. The van der Waals surface area contributed by atoms with E-state index in [9.17, 15) is 4.79 Å². The number of carbonyl (C=O) groups is 1. The summed E-state index contributed by atoms with van der Waals surface area (Å²) < 4.78 is 2.01. The van der Waals surface area contributed by atoms with E-state index in [0.717, 1.165) is 50.3 Å². The van der Waals surface area contributed by atoms with Gasteiger partial charge in [0.2, 0.25) is 0 Å². The zero-order valence-corrected chi connectivity index (χ0v) is 13.4. The van der Waals surface area contributed by atoms with Crippen molar-refractivity contribution in [3.8, 4) is 0 Å². The van der Waals surface area contributed by atoms with Crippen LogP contribution in [0.3, 0.4) is 0 Å². The fraction of sp³-hybridized carbons (Fsp3) is 0.714. The molecule has 1 amide bonds. The predicted molar refractivity (Wildman–Crippen MR) is 82.6 cm³/mol. The third-order valence-corrected chi connectivity index (χ3v) is 3.97. The third-order valence-electron chi connectivity index (χ3n) is 3.97. The Morgan fingerprint density at radius 3 is 2.50 bits per heavy atom. The summed E-state index contributed by atoms with van der Waals surface area (Å²) in [7, 11) is 0. The molecule has 0 radical (unpaired) electrons. The van der Waals surface area contributed by atoms with Gasteiger partial charge >= 0.3 is 0 Å². The molecule has 1 aliphatic heterocycles. The van der Waals surface area contributed by atoms with E-state index in [4.69, 9.17) is 0 Å². The molecular weight excluding hydrogens is 276 g/mol. The van der Waals surface area contributed by atoms with Crippen molar-refractivity contribution in [3.05, 3.63) is 17.5 Å². The standard InChI is InChI=1S/C14H24N4O.ClH/c1-4-12(5-2)18-11(3)13(10-16-18)14(19)17-8-6-15-7-9-17;/h10,12,15H,4-9H2,1-3H3;1H. The van der Waals surface area contributed by atoms with Crippen molar-refractivity contribution in [3.63, 3.8) is 0 Å². The average Bonchev–Trinajstić information content (AvgIpc) is 2.83. The Hall–Kier alpha value is -1.07. The molecule has 0 bridgehead atoms. The maximum Gasteiger partial charge on any atom is 0.257 e. The van der Waals surface area contributed by atoms with Gasteiger partial charge in [-0.2, -0.15) is 5.10 Å². The summed E-state index contributed by atoms with van der Waals surface area (Å²) >= 11 is 0. The van der Waals surface area contributed by atoms with Gasteiger partial charge in [0.05, 0.1) is 17.8 Å². The highest BCUT2D eigenvalue weighted by Crippen LogP contribution is 2.20. The highest BCUT2D eigenvalue weighted by Gasteiger charge is 2.23. The van der Waals surface area contributed by atoms with Gasteiger partial charge < -0.3 is 10.2 Å². The van der Waals surface area contributed by atoms with Crippen molar-refractivity contribution in [2.24, 2.45) is 0 Å². The number of nitrogens with zero attached hydrogens (tertiary/aromatic N) is 3. The van der Waals surface area contributed by atoms with E-state index >= 15 is 0 Å². The van der Waals surface area contributed by atoms with Gasteiger partial charge in [0, 0.05) is 31.9 Å². The van der Waals surface area contributed by atoms with E-state index in [0.29, 0.717) is 6.04 Å². The monoisotopic (exact) mass is 300 g/mol. The van der Waals surface area contributed by atoms with Crippen molar-refractivity contribution < 1.29 is 4.79 Å². The van der Waals surface area contributed by atoms with Crippen LogP contribution < -0.4 is 5.32 Å². The maximum absolute atomic E-state index is 12.5. The number of carbonyl (C=O) groups excluding carboxylic acids is 1. The highest BCUT2D eigenvalue weighted by atomic mass is 35.5. The summed E-state index contributed by atoms with van der Waals surface area (Å²) in [5, 5.41) is 7.69. The molecule has 0 unspecified atom stereocenters. The van der Waals surface area contributed by atoms with Crippen molar-refractivity contribution in [2.75, 3.05) is 26.2 Å². The Morgan fingerprint density at radius 2 is 1.95 bits per heavy atom. The summed E-state index contributed by atoms with van der Waals surface area (Å²) in [6.07, 6.45) is 3.82. The fourth-order valence-electron chi connectivity index (χ4n) is 2.67. The van der Waals surface area contributed by atoms with Crippen molar-refractivity contribution in [1.82, 2.24) is 20.0 Å². The topological polar surface area (TPSA) is 50.2 Å². The molecule has 2 heterocycles. The average molecular weight is 301 g/mol. The lowest BCUT2D eigenvalue weighted by atomic mass is 10.1. The highest BCUT2D eigenvalue weighted by molar-refractivity contribution is 5.95. The zero-order valence-electron chi connectivity index (χ0n) is 12.6. The lowest BCUT2D eigenvalue weighted by Crippen LogP contribution is -2.46. The zero-order chi connectivity index (χ0) is 13.8. The van der Waals surface area contributed by atoms with Crippen LogP contribution in [0.15, 0.2) is 6.20 Å². The van der Waals surface area contributed by atoms with Crippen LogP contribution in [-0.2, 0) is 0 Å². The molecular formula is C14H25ClN4O. The van der Waals surface area contributed by atoms with Crippen LogP contribution in [0, 0.1) is 6.92 Å². The Bertz CT molecular complexity index is 436. The molecule has 1 saturated heterocycles. The SMILES string of the molecule is CCC(CC)n1ncc(C(=O)N2CCNCC2)c1C.Cl. The molecule has 1 N–H and O–H groups in total. The van der Waals surface area contributed by atoms with Crippen LogP contribution in [0.1, 0.15) is 48.8 Å². The van der Waals surface area contributed by atoms with Gasteiger partial charge in [-0.1, -0.05) is 13.8 Å². The van der Waals surface area contributed by atoms with Gasteiger partial charge in [0.1, 0.15) is 0 Å². The van der Waals surface area contributed by atoms with Crippen LogP contribution >= 0.6 is 12.4 Å². The van der Waals surface area contributed by atoms with Gasteiger partial charge in [0.25, 0.3) is 5.91 Å². The number of piperazine rings is 1. The molecule has 0 atom stereocenters. The van der Waals surface area contributed by atoms with E-state index in [1.54, 1.807) is 6.20 Å². The lowest BCUT2D eigenvalue weighted by Gasteiger charge is -2.27. The first-order chi connectivity index (χ1) is 9.19. The third kappa shape index (κ3) is 3.33. The molecule has 114 valence electrons. The molecule has 20 heavy (non-hydrogen) atoms. The molecule has 1 aliphatic rings. The van der Waals surface area contributed by atoms with Crippen LogP contribution in [0.2, 0.25) is 0 Å². The fourth-order valence-corrected chi connectivity index (χ4v) is 2.67. The number of nitrogens with one attached hydrogen (secondary N) is 1. The summed E-state index contributed by atoms with van der Waals surface area (Å²) in [6.45, 7) is 9.65. The van der Waals surface area contributed by atoms with Gasteiger partial charge in [-0.15, -0.1) is 12.4 Å². The molecule has 1 aromatic rings.